The molecule has 5 aromatic rings. The van der Waals surface area contributed by atoms with Crippen LogP contribution in [0.15, 0.2) is 67.0 Å². The molecule has 2 aromatic heterocycles. The number of imidazole rings is 1. The minimum Gasteiger partial charge on any atom is -0.493 e. The quantitative estimate of drug-likeness (QED) is 0.252. The Hall–Kier alpha value is -4.86. The Bertz CT molecular complexity index is 1540. The summed E-state index contributed by atoms with van der Waals surface area (Å²) < 4.78 is 18.2. The van der Waals surface area contributed by atoms with Crippen molar-refractivity contribution in [2.24, 2.45) is 0 Å². The average Bonchev–Trinajstić information content (AvgIpc) is 3.30. The molecule has 0 unspecified atom stereocenters. The molecule has 0 amide bonds. The molecule has 0 bridgehead atoms. The van der Waals surface area contributed by atoms with Crippen LogP contribution in [0, 0.1) is 0 Å². The van der Waals surface area contributed by atoms with Gasteiger partial charge in [-0.3, -0.25) is 0 Å². The van der Waals surface area contributed by atoms with Gasteiger partial charge in [-0.1, -0.05) is 38.1 Å². The first-order valence-corrected chi connectivity index (χ1v) is 12.1. The second-order valence-corrected chi connectivity index (χ2v) is 8.81. The van der Waals surface area contributed by atoms with E-state index in [1.165, 1.54) is 11.9 Å². The number of methoxy groups -OCH3 is 3. The monoisotopic (exact) mass is 511 g/mol. The van der Waals surface area contributed by atoms with Gasteiger partial charge >= 0.3 is 0 Å². The summed E-state index contributed by atoms with van der Waals surface area (Å²) >= 11 is 0. The highest BCUT2D eigenvalue weighted by Crippen LogP contribution is 2.40. The third-order valence-corrected chi connectivity index (χ3v) is 6.07. The van der Waals surface area contributed by atoms with Gasteiger partial charge in [0.15, 0.2) is 11.5 Å². The average molecular weight is 512 g/mol. The number of rotatable bonds is 9. The minimum atomic E-state index is 0.342. The van der Waals surface area contributed by atoms with Gasteiger partial charge in [0.2, 0.25) is 23.6 Å². The number of anilines is 4. The molecule has 0 saturated carbocycles. The van der Waals surface area contributed by atoms with Gasteiger partial charge < -0.3 is 24.8 Å². The van der Waals surface area contributed by atoms with Crippen LogP contribution in [-0.4, -0.2) is 45.8 Å². The van der Waals surface area contributed by atoms with E-state index in [1.54, 1.807) is 33.5 Å². The topological polar surface area (TPSA) is 108 Å². The van der Waals surface area contributed by atoms with Crippen LogP contribution in [0.5, 0.6) is 17.2 Å². The van der Waals surface area contributed by atoms with Gasteiger partial charge in [0.05, 0.1) is 32.4 Å². The number of hydrogen-bond acceptors (Lipinski definition) is 9. The molecule has 0 aliphatic carbocycles. The molecule has 10 heteroatoms. The number of hydrogen-bond donors (Lipinski definition) is 2. The summed E-state index contributed by atoms with van der Waals surface area (Å²) in [5, 5.41) is 6.63. The van der Waals surface area contributed by atoms with Crippen LogP contribution in [0.4, 0.5) is 23.3 Å². The highest BCUT2D eigenvalue weighted by atomic mass is 16.5. The molecular weight excluding hydrogens is 482 g/mol. The summed E-state index contributed by atoms with van der Waals surface area (Å²) in [5.74, 6) is 3.32. The smallest absolute Gasteiger partial charge is 0.241 e. The van der Waals surface area contributed by atoms with Crippen molar-refractivity contribution in [3.8, 4) is 23.2 Å². The van der Waals surface area contributed by atoms with Crippen LogP contribution < -0.4 is 24.8 Å². The van der Waals surface area contributed by atoms with Gasteiger partial charge in [-0.15, -0.1) is 0 Å². The molecular formula is C28H29N7O3. The second kappa shape index (κ2) is 10.6. The first-order chi connectivity index (χ1) is 18.5. The number of benzene rings is 3. The summed E-state index contributed by atoms with van der Waals surface area (Å²) in [4.78, 5) is 18.3. The molecule has 0 aliphatic heterocycles. The third kappa shape index (κ3) is 4.88. The number of ether oxygens (including phenoxy) is 3. The maximum absolute atomic E-state index is 5.46. The molecule has 38 heavy (non-hydrogen) atoms. The highest BCUT2D eigenvalue weighted by Gasteiger charge is 2.17. The Morgan fingerprint density at radius 1 is 0.763 bits per heavy atom. The van der Waals surface area contributed by atoms with E-state index in [0.717, 1.165) is 16.7 Å². The van der Waals surface area contributed by atoms with E-state index in [9.17, 15) is 0 Å². The van der Waals surface area contributed by atoms with E-state index in [-0.39, 0.29) is 0 Å². The van der Waals surface area contributed by atoms with Crippen molar-refractivity contribution in [2.45, 2.75) is 19.8 Å². The molecule has 2 N–H and O–H groups in total. The first-order valence-electron chi connectivity index (χ1n) is 12.1. The molecule has 0 radical (unpaired) electrons. The van der Waals surface area contributed by atoms with Crippen LogP contribution >= 0.6 is 0 Å². The van der Waals surface area contributed by atoms with Gasteiger partial charge in [-0.05, 0) is 35.7 Å². The number of aromatic nitrogens is 5. The molecule has 10 nitrogen and oxygen atoms in total. The standard InChI is InChI=1S/C28H29N7O3/c1-17(2)18-10-12-19(13-11-18)32-28-33-21-8-6-7-9-22(21)35(28)27-30-16-29-26(34-27)31-20-14-23(36-3)25(38-5)24(15-20)37-4/h6-17H,1-5H3,(H,32,33)(H,29,30,31,34). The molecule has 0 aliphatic rings. The second-order valence-electron chi connectivity index (χ2n) is 8.81. The molecule has 0 fully saturated rings. The number of para-hydroxylation sites is 2. The predicted molar refractivity (Wildman–Crippen MR) is 148 cm³/mol. The van der Waals surface area contributed by atoms with Gasteiger partial charge in [0.1, 0.15) is 6.33 Å². The Kier molecular flexibility index (Phi) is 6.94. The Labute approximate surface area is 220 Å². The van der Waals surface area contributed by atoms with E-state index in [2.05, 4.69) is 46.6 Å². The fourth-order valence-electron chi connectivity index (χ4n) is 4.13. The highest BCUT2D eigenvalue weighted by molar-refractivity contribution is 5.81. The van der Waals surface area contributed by atoms with E-state index in [4.69, 9.17) is 24.2 Å². The van der Waals surface area contributed by atoms with Crippen molar-refractivity contribution in [3.63, 3.8) is 0 Å². The lowest BCUT2D eigenvalue weighted by atomic mass is 10.0. The summed E-state index contributed by atoms with van der Waals surface area (Å²) in [6.07, 6.45) is 1.46. The van der Waals surface area contributed by atoms with Crippen LogP contribution in [-0.2, 0) is 0 Å². The Morgan fingerprint density at radius 2 is 1.47 bits per heavy atom. The van der Waals surface area contributed by atoms with Crippen molar-refractivity contribution in [1.82, 2.24) is 24.5 Å². The molecule has 194 valence electrons. The van der Waals surface area contributed by atoms with Crippen molar-refractivity contribution in [2.75, 3.05) is 32.0 Å². The fraction of sp³-hybridized carbons (Fsp3) is 0.214. The molecule has 0 saturated heterocycles. The van der Waals surface area contributed by atoms with Crippen molar-refractivity contribution in [1.29, 1.82) is 0 Å². The molecule has 2 heterocycles. The van der Waals surface area contributed by atoms with E-state index in [1.807, 2.05) is 41.0 Å². The lowest BCUT2D eigenvalue weighted by Crippen LogP contribution is -2.08. The van der Waals surface area contributed by atoms with Gasteiger partial charge in [-0.2, -0.15) is 4.98 Å². The zero-order valence-corrected chi connectivity index (χ0v) is 21.9. The molecule has 0 atom stereocenters. The summed E-state index contributed by atoms with van der Waals surface area (Å²) in [6.45, 7) is 4.35. The van der Waals surface area contributed by atoms with E-state index in [0.29, 0.717) is 46.7 Å². The Morgan fingerprint density at radius 3 is 2.13 bits per heavy atom. The fourth-order valence-corrected chi connectivity index (χ4v) is 4.13. The van der Waals surface area contributed by atoms with Crippen LogP contribution in [0.1, 0.15) is 25.3 Å². The lowest BCUT2D eigenvalue weighted by molar-refractivity contribution is 0.324. The van der Waals surface area contributed by atoms with Crippen molar-refractivity contribution < 1.29 is 14.2 Å². The normalized spacial score (nSPS) is 11.0. The van der Waals surface area contributed by atoms with E-state index >= 15 is 0 Å². The van der Waals surface area contributed by atoms with Gasteiger partial charge in [0.25, 0.3) is 0 Å². The maximum Gasteiger partial charge on any atom is 0.241 e. The molecule has 5 rings (SSSR count). The zero-order valence-electron chi connectivity index (χ0n) is 21.9. The van der Waals surface area contributed by atoms with Crippen LogP contribution in [0.25, 0.3) is 17.0 Å². The number of nitrogens with zero attached hydrogens (tertiary/aromatic N) is 5. The maximum atomic E-state index is 5.46. The van der Waals surface area contributed by atoms with Gasteiger partial charge in [-0.25, -0.2) is 19.5 Å². The number of nitrogens with one attached hydrogen (secondary N) is 2. The third-order valence-electron chi connectivity index (χ3n) is 6.07. The number of fused-ring (bicyclic) bond motifs is 1. The zero-order chi connectivity index (χ0) is 26.6. The molecule has 3 aromatic carbocycles. The summed E-state index contributed by atoms with van der Waals surface area (Å²) in [6, 6.07) is 19.7. The largest absolute Gasteiger partial charge is 0.493 e. The van der Waals surface area contributed by atoms with Gasteiger partial charge in [0, 0.05) is 23.5 Å². The first kappa shape index (κ1) is 24.8. The van der Waals surface area contributed by atoms with E-state index < -0.39 is 0 Å². The Balaban J connectivity index is 1.52. The van der Waals surface area contributed by atoms with Crippen molar-refractivity contribution >= 4 is 34.3 Å². The van der Waals surface area contributed by atoms with Crippen molar-refractivity contribution in [3.05, 3.63) is 72.6 Å². The SMILES string of the molecule is COc1cc(Nc2ncnc(-n3c(Nc4ccc(C(C)C)cc4)nc4ccccc43)n2)cc(OC)c1OC. The minimum absolute atomic E-state index is 0.342. The predicted octanol–water partition coefficient (Wildman–Crippen LogP) is 5.85. The van der Waals surface area contributed by atoms with Crippen LogP contribution in [0.2, 0.25) is 0 Å². The summed E-state index contributed by atoms with van der Waals surface area (Å²) in [5.41, 5.74) is 4.52. The summed E-state index contributed by atoms with van der Waals surface area (Å²) in [7, 11) is 4.69. The van der Waals surface area contributed by atoms with Crippen LogP contribution in [0.3, 0.4) is 0 Å². The lowest BCUT2D eigenvalue weighted by Gasteiger charge is -2.15. The molecule has 0 spiro atoms.